The minimum Gasteiger partial charge on any atom is -0.207 e. The van der Waals surface area contributed by atoms with E-state index in [0.29, 0.717) is 5.92 Å². The highest BCUT2D eigenvalue weighted by Crippen LogP contribution is 2.35. The van der Waals surface area contributed by atoms with Gasteiger partial charge in [-0.2, -0.15) is 0 Å². The highest BCUT2D eigenvalue weighted by molar-refractivity contribution is 5.28. The van der Waals surface area contributed by atoms with Crippen LogP contribution < -0.4 is 0 Å². The second-order valence-electron chi connectivity index (χ2n) is 4.01. The molecule has 1 aliphatic carbocycles. The Morgan fingerprint density at radius 2 is 1.86 bits per heavy atom. The van der Waals surface area contributed by atoms with Crippen molar-refractivity contribution >= 4 is 0 Å². The summed E-state index contributed by atoms with van der Waals surface area (Å²) in [7, 11) is 0. The van der Waals surface area contributed by atoms with Crippen LogP contribution in [0.15, 0.2) is 36.4 Å². The molecule has 1 unspecified atom stereocenters. The Kier molecular flexibility index (Phi) is 2.67. The summed E-state index contributed by atoms with van der Waals surface area (Å²) in [4.78, 5) is 0. The molecule has 2 rings (SSSR count). The quantitative estimate of drug-likeness (QED) is 0.586. The third-order valence-corrected chi connectivity index (χ3v) is 3.01. The van der Waals surface area contributed by atoms with E-state index in [1.165, 1.54) is 42.5 Å². The lowest BCUT2D eigenvalue weighted by molar-refractivity contribution is 0.541. The zero-order chi connectivity index (χ0) is 9.97. The van der Waals surface area contributed by atoms with E-state index in [1.807, 2.05) is 12.1 Å². The second kappa shape index (κ2) is 3.95. The molecule has 1 aliphatic rings. The molecule has 0 radical (unpaired) electrons. The van der Waals surface area contributed by atoms with Crippen molar-refractivity contribution in [2.45, 2.75) is 31.6 Å². The molecule has 0 N–H and O–H groups in total. The van der Waals surface area contributed by atoms with Gasteiger partial charge in [-0.15, -0.1) is 0 Å². The molecular formula is C13H15F. The molecule has 0 bridgehead atoms. The van der Waals surface area contributed by atoms with Crippen molar-refractivity contribution in [3.05, 3.63) is 47.8 Å². The molecule has 0 heterocycles. The standard InChI is InChI=1S/C13H15F/c1-10-4-2-3-5-13(10)11-6-8-12(14)9-7-11/h6-9,13H,1-5H2. The SMILES string of the molecule is C=C1CCCCC1c1ccc(F)cc1. The van der Waals surface area contributed by atoms with Gasteiger partial charge in [-0.1, -0.05) is 30.7 Å². The number of hydrogen-bond acceptors (Lipinski definition) is 0. The maximum absolute atomic E-state index is 12.7. The Hall–Kier alpha value is -1.11. The maximum atomic E-state index is 12.7. The molecule has 0 amide bonds. The summed E-state index contributed by atoms with van der Waals surface area (Å²) >= 11 is 0. The number of allylic oxidation sites excluding steroid dienone is 1. The van der Waals surface area contributed by atoms with Crippen LogP contribution in [0.1, 0.15) is 37.2 Å². The van der Waals surface area contributed by atoms with Gasteiger partial charge in [0.1, 0.15) is 5.82 Å². The number of rotatable bonds is 1. The summed E-state index contributed by atoms with van der Waals surface area (Å²) in [6.07, 6.45) is 4.82. The largest absolute Gasteiger partial charge is 0.207 e. The summed E-state index contributed by atoms with van der Waals surface area (Å²) in [5, 5.41) is 0. The second-order valence-corrected chi connectivity index (χ2v) is 4.01. The van der Waals surface area contributed by atoms with E-state index >= 15 is 0 Å². The van der Waals surface area contributed by atoms with Gasteiger partial charge in [0.05, 0.1) is 0 Å². The van der Waals surface area contributed by atoms with Crippen LogP contribution in [0.25, 0.3) is 0 Å². The molecular weight excluding hydrogens is 175 g/mol. The van der Waals surface area contributed by atoms with Gasteiger partial charge in [0.25, 0.3) is 0 Å². The molecule has 1 aromatic carbocycles. The Labute approximate surface area is 84.5 Å². The zero-order valence-corrected chi connectivity index (χ0v) is 8.30. The Balaban J connectivity index is 2.20. The summed E-state index contributed by atoms with van der Waals surface area (Å²) in [5.41, 5.74) is 2.53. The molecule has 14 heavy (non-hydrogen) atoms. The Bertz CT molecular complexity index is 324. The van der Waals surface area contributed by atoms with E-state index in [0.717, 1.165) is 6.42 Å². The normalized spacial score (nSPS) is 22.4. The minimum absolute atomic E-state index is 0.157. The molecule has 0 aliphatic heterocycles. The third-order valence-electron chi connectivity index (χ3n) is 3.01. The molecule has 1 saturated carbocycles. The van der Waals surface area contributed by atoms with Crippen LogP contribution in [0.3, 0.4) is 0 Å². The maximum Gasteiger partial charge on any atom is 0.123 e. The average Bonchev–Trinajstić information content (AvgIpc) is 2.20. The summed E-state index contributed by atoms with van der Waals surface area (Å²) in [5.74, 6) is 0.305. The van der Waals surface area contributed by atoms with Crippen LogP contribution >= 0.6 is 0 Å². The number of halogens is 1. The van der Waals surface area contributed by atoms with Crippen LogP contribution in [0, 0.1) is 5.82 Å². The molecule has 1 heteroatoms. The highest BCUT2D eigenvalue weighted by atomic mass is 19.1. The smallest absolute Gasteiger partial charge is 0.123 e. The number of benzene rings is 1. The fraction of sp³-hybridized carbons (Fsp3) is 0.385. The molecule has 1 aromatic rings. The lowest BCUT2D eigenvalue weighted by Gasteiger charge is -2.24. The van der Waals surface area contributed by atoms with Gasteiger partial charge in [-0.05, 0) is 37.0 Å². The van der Waals surface area contributed by atoms with Gasteiger partial charge in [-0.3, -0.25) is 0 Å². The van der Waals surface area contributed by atoms with Gasteiger partial charge in [0, 0.05) is 5.92 Å². The summed E-state index contributed by atoms with van der Waals surface area (Å²) in [6.45, 7) is 4.10. The zero-order valence-electron chi connectivity index (χ0n) is 8.30. The van der Waals surface area contributed by atoms with E-state index in [-0.39, 0.29) is 5.82 Å². The van der Waals surface area contributed by atoms with Crippen LogP contribution in [-0.4, -0.2) is 0 Å². The Morgan fingerprint density at radius 1 is 1.14 bits per heavy atom. The molecule has 1 atom stereocenters. The third kappa shape index (κ3) is 1.87. The van der Waals surface area contributed by atoms with Crippen molar-refractivity contribution in [3.8, 4) is 0 Å². The van der Waals surface area contributed by atoms with Crippen LogP contribution in [0.4, 0.5) is 4.39 Å². The lowest BCUT2D eigenvalue weighted by atomic mass is 9.81. The van der Waals surface area contributed by atoms with Crippen molar-refractivity contribution in [1.29, 1.82) is 0 Å². The summed E-state index contributed by atoms with van der Waals surface area (Å²) in [6, 6.07) is 6.85. The molecule has 0 saturated heterocycles. The minimum atomic E-state index is -0.157. The monoisotopic (exact) mass is 190 g/mol. The molecule has 0 spiro atoms. The van der Waals surface area contributed by atoms with Gasteiger partial charge >= 0.3 is 0 Å². The fourth-order valence-corrected chi connectivity index (χ4v) is 2.18. The Morgan fingerprint density at radius 3 is 2.50 bits per heavy atom. The van der Waals surface area contributed by atoms with Gasteiger partial charge in [-0.25, -0.2) is 4.39 Å². The van der Waals surface area contributed by atoms with E-state index in [9.17, 15) is 4.39 Å². The van der Waals surface area contributed by atoms with Crippen molar-refractivity contribution in [2.24, 2.45) is 0 Å². The van der Waals surface area contributed by atoms with Gasteiger partial charge < -0.3 is 0 Å². The van der Waals surface area contributed by atoms with Crippen molar-refractivity contribution in [2.75, 3.05) is 0 Å². The van der Waals surface area contributed by atoms with E-state index < -0.39 is 0 Å². The van der Waals surface area contributed by atoms with Crippen molar-refractivity contribution in [1.82, 2.24) is 0 Å². The van der Waals surface area contributed by atoms with Crippen LogP contribution in [0.2, 0.25) is 0 Å². The van der Waals surface area contributed by atoms with E-state index in [4.69, 9.17) is 0 Å². The molecule has 1 fully saturated rings. The topological polar surface area (TPSA) is 0 Å². The van der Waals surface area contributed by atoms with Crippen molar-refractivity contribution in [3.63, 3.8) is 0 Å². The van der Waals surface area contributed by atoms with Gasteiger partial charge in [0.2, 0.25) is 0 Å². The first-order chi connectivity index (χ1) is 6.77. The molecule has 74 valence electrons. The highest BCUT2D eigenvalue weighted by Gasteiger charge is 2.18. The lowest BCUT2D eigenvalue weighted by Crippen LogP contribution is -2.07. The van der Waals surface area contributed by atoms with Gasteiger partial charge in [0.15, 0.2) is 0 Å². The van der Waals surface area contributed by atoms with Crippen LogP contribution in [-0.2, 0) is 0 Å². The average molecular weight is 190 g/mol. The van der Waals surface area contributed by atoms with E-state index in [2.05, 4.69) is 6.58 Å². The molecule has 0 aromatic heterocycles. The summed E-state index contributed by atoms with van der Waals surface area (Å²) < 4.78 is 12.7. The van der Waals surface area contributed by atoms with Crippen LogP contribution in [0.5, 0.6) is 0 Å². The molecule has 0 nitrogen and oxygen atoms in total. The predicted molar refractivity (Wildman–Crippen MR) is 56.7 cm³/mol. The predicted octanol–water partition coefficient (Wildman–Crippen LogP) is 4.04. The number of hydrogen-bond donors (Lipinski definition) is 0. The fourth-order valence-electron chi connectivity index (χ4n) is 2.18. The first kappa shape index (κ1) is 9.45. The first-order valence-corrected chi connectivity index (χ1v) is 5.20. The van der Waals surface area contributed by atoms with E-state index in [1.54, 1.807) is 0 Å². The van der Waals surface area contributed by atoms with Crippen molar-refractivity contribution < 1.29 is 4.39 Å². The first-order valence-electron chi connectivity index (χ1n) is 5.20.